The van der Waals surface area contributed by atoms with Gasteiger partial charge in [-0.15, -0.1) is 0 Å². The van der Waals surface area contributed by atoms with Crippen LogP contribution in [0.2, 0.25) is 0 Å². The fourth-order valence-electron chi connectivity index (χ4n) is 5.59. The van der Waals surface area contributed by atoms with E-state index in [9.17, 15) is 13.0 Å². The SMILES string of the molecule is C1=C(c2ccccc2)[NH+](c2ccccc2)c2ccccc21.COc1cc2cc3ccccc3cc2c(S(=O)(=O)[O-])c1OC. The molecule has 6 aromatic rings. The van der Waals surface area contributed by atoms with Gasteiger partial charge in [-0.25, -0.2) is 13.3 Å². The van der Waals surface area contributed by atoms with E-state index in [0.717, 1.165) is 10.8 Å². The van der Waals surface area contributed by atoms with Crippen LogP contribution in [0.1, 0.15) is 11.1 Å². The zero-order chi connectivity index (χ0) is 30.0. The van der Waals surface area contributed by atoms with Crippen LogP contribution in [0.15, 0.2) is 132 Å². The Morgan fingerprint density at radius 1 is 0.651 bits per heavy atom. The van der Waals surface area contributed by atoms with E-state index in [4.69, 9.17) is 9.47 Å². The summed E-state index contributed by atoms with van der Waals surface area (Å²) in [7, 11) is -2.03. The molecule has 7 heteroatoms. The van der Waals surface area contributed by atoms with Gasteiger partial charge in [0, 0.05) is 28.7 Å². The van der Waals surface area contributed by atoms with E-state index in [2.05, 4.69) is 91.0 Å². The minimum absolute atomic E-state index is 0.0692. The second-order valence-electron chi connectivity index (χ2n) is 10.1. The van der Waals surface area contributed by atoms with Gasteiger partial charge in [-0.2, -0.15) is 0 Å². The molecule has 0 fully saturated rings. The Labute approximate surface area is 250 Å². The highest BCUT2D eigenvalue weighted by molar-refractivity contribution is 7.86. The average molecular weight is 588 g/mol. The zero-order valence-corrected chi connectivity index (χ0v) is 24.5. The minimum Gasteiger partial charge on any atom is -0.744 e. The highest BCUT2D eigenvalue weighted by atomic mass is 32.2. The first-order chi connectivity index (χ1) is 20.9. The maximum Gasteiger partial charge on any atom is 0.178 e. The highest BCUT2D eigenvalue weighted by Crippen LogP contribution is 2.41. The van der Waals surface area contributed by atoms with Crippen LogP contribution in [0, 0.1) is 0 Å². The van der Waals surface area contributed by atoms with E-state index in [1.54, 1.807) is 12.1 Å². The first kappa shape index (κ1) is 28.2. The second kappa shape index (κ2) is 11.7. The summed E-state index contributed by atoms with van der Waals surface area (Å²) in [5.74, 6) is 0.139. The zero-order valence-electron chi connectivity index (χ0n) is 23.7. The van der Waals surface area contributed by atoms with Gasteiger partial charge in [0.15, 0.2) is 11.5 Å². The first-order valence-electron chi connectivity index (χ1n) is 13.7. The lowest BCUT2D eigenvalue weighted by Gasteiger charge is -2.18. The standard InChI is InChI=1S/C20H15N.C16H14O5S/c1-3-9-16(10-4-1)20-15-17-11-7-8-14-19(17)21(20)18-12-5-2-6-13-18;1-20-14-9-12-7-10-5-3-4-6-11(10)8-13(12)16(15(14)21-2)22(17,18)19/h1-15H;3-9H,1-2H3,(H,17,18,19). The monoisotopic (exact) mass is 587 g/mol. The molecule has 1 unspecified atom stereocenters. The number of fused-ring (bicyclic) bond motifs is 3. The molecule has 1 atom stereocenters. The van der Waals surface area contributed by atoms with Gasteiger partial charge in [0.05, 0.1) is 14.2 Å². The molecule has 6 aromatic carbocycles. The number of hydrogen-bond acceptors (Lipinski definition) is 5. The van der Waals surface area contributed by atoms with Gasteiger partial charge in [-0.3, -0.25) is 0 Å². The third kappa shape index (κ3) is 5.49. The Morgan fingerprint density at radius 3 is 1.91 bits per heavy atom. The van der Waals surface area contributed by atoms with E-state index in [1.165, 1.54) is 47.3 Å². The van der Waals surface area contributed by atoms with Crippen LogP contribution in [-0.4, -0.2) is 27.2 Å². The van der Waals surface area contributed by atoms with E-state index >= 15 is 0 Å². The molecule has 1 aliphatic heterocycles. The Hall–Kier alpha value is -4.95. The average Bonchev–Trinajstić information content (AvgIpc) is 3.43. The molecule has 7 rings (SSSR count). The summed E-state index contributed by atoms with van der Waals surface area (Å²) in [5.41, 5.74) is 6.48. The van der Waals surface area contributed by atoms with Gasteiger partial charge in [0.1, 0.15) is 32.1 Å². The van der Waals surface area contributed by atoms with Crippen molar-refractivity contribution in [1.82, 2.24) is 0 Å². The molecule has 0 amide bonds. The van der Waals surface area contributed by atoms with Gasteiger partial charge in [0.25, 0.3) is 0 Å². The van der Waals surface area contributed by atoms with Crippen LogP contribution >= 0.6 is 0 Å². The number of para-hydroxylation sites is 2. The number of hydrogen-bond donors (Lipinski definition) is 1. The normalized spacial score (nSPS) is 14.0. The number of quaternary nitrogens is 1. The minimum atomic E-state index is -4.73. The summed E-state index contributed by atoms with van der Waals surface area (Å²) in [6, 6.07) is 42.6. The third-order valence-electron chi connectivity index (χ3n) is 7.50. The summed E-state index contributed by atoms with van der Waals surface area (Å²) < 4.78 is 45.5. The van der Waals surface area contributed by atoms with Crippen LogP contribution in [-0.2, 0) is 10.1 Å². The second-order valence-corrected chi connectivity index (χ2v) is 11.4. The molecule has 6 nitrogen and oxygen atoms in total. The lowest BCUT2D eigenvalue weighted by molar-refractivity contribution is -0.669. The molecule has 214 valence electrons. The van der Waals surface area contributed by atoms with Crippen molar-refractivity contribution in [3.63, 3.8) is 0 Å². The molecule has 1 N–H and O–H groups in total. The molecule has 1 aliphatic rings. The predicted octanol–water partition coefficient (Wildman–Crippen LogP) is 6.96. The molecule has 0 aromatic heterocycles. The van der Waals surface area contributed by atoms with Crippen LogP contribution in [0.3, 0.4) is 0 Å². The largest absolute Gasteiger partial charge is 0.744 e. The first-order valence-corrected chi connectivity index (χ1v) is 15.1. The number of nitrogens with one attached hydrogen (secondary N) is 1. The molecule has 0 bridgehead atoms. The van der Waals surface area contributed by atoms with E-state index in [0.29, 0.717) is 10.8 Å². The van der Waals surface area contributed by atoms with Crippen LogP contribution in [0.5, 0.6) is 11.5 Å². The Bertz CT molecular complexity index is 2070. The van der Waals surface area contributed by atoms with E-state index in [-0.39, 0.29) is 11.5 Å². The van der Waals surface area contributed by atoms with Crippen molar-refractivity contribution in [3.05, 3.63) is 139 Å². The Morgan fingerprint density at radius 2 is 1.26 bits per heavy atom. The van der Waals surface area contributed by atoms with Crippen LogP contribution in [0.4, 0.5) is 11.4 Å². The lowest BCUT2D eigenvalue weighted by Crippen LogP contribution is -2.98. The Kier molecular flexibility index (Phi) is 7.69. The summed E-state index contributed by atoms with van der Waals surface area (Å²) in [4.78, 5) is 0.938. The van der Waals surface area contributed by atoms with Crippen LogP contribution < -0.4 is 14.4 Å². The van der Waals surface area contributed by atoms with E-state index in [1.807, 2.05) is 30.3 Å². The molecule has 0 radical (unpaired) electrons. The molecular weight excluding hydrogens is 558 g/mol. The summed E-state index contributed by atoms with van der Waals surface area (Å²) in [6.45, 7) is 0. The molecule has 0 aliphatic carbocycles. The van der Waals surface area contributed by atoms with Gasteiger partial charge >= 0.3 is 0 Å². The van der Waals surface area contributed by atoms with Gasteiger partial charge in [-0.1, -0.05) is 72.8 Å². The van der Waals surface area contributed by atoms with Gasteiger partial charge < -0.3 is 14.0 Å². The molecule has 1 heterocycles. The highest BCUT2D eigenvalue weighted by Gasteiger charge is 2.30. The number of benzene rings is 6. The summed E-state index contributed by atoms with van der Waals surface area (Å²) in [6.07, 6.45) is 2.30. The smallest absolute Gasteiger partial charge is 0.178 e. The predicted molar refractivity (Wildman–Crippen MR) is 170 cm³/mol. The third-order valence-corrected chi connectivity index (χ3v) is 8.41. The van der Waals surface area contributed by atoms with Crippen LogP contribution in [0.25, 0.3) is 33.3 Å². The van der Waals surface area contributed by atoms with Crippen molar-refractivity contribution in [2.45, 2.75) is 4.90 Å². The molecule has 0 saturated heterocycles. The van der Waals surface area contributed by atoms with Gasteiger partial charge in [-0.05, 0) is 64.7 Å². The number of methoxy groups -OCH3 is 2. The fourth-order valence-corrected chi connectivity index (χ4v) is 6.45. The number of rotatable bonds is 5. The molecule has 0 saturated carbocycles. The summed E-state index contributed by atoms with van der Waals surface area (Å²) >= 11 is 0. The van der Waals surface area contributed by atoms with Crippen molar-refractivity contribution in [3.8, 4) is 11.5 Å². The lowest BCUT2D eigenvalue weighted by atomic mass is 10.0. The Balaban J connectivity index is 0.000000153. The molecule has 43 heavy (non-hydrogen) atoms. The van der Waals surface area contributed by atoms with Crippen molar-refractivity contribution in [2.75, 3.05) is 14.2 Å². The van der Waals surface area contributed by atoms with E-state index < -0.39 is 15.0 Å². The maximum absolute atomic E-state index is 11.7. The van der Waals surface area contributed by atoms with Crippen molar-refractivity contribution < 1.29 is 27.3 Å². The maximum atomic E-state index is 11.7. The fraction of sp³-hybridized carbons (Fsp3) is 0.0556. The number of ether oxygens (including phenoxy) is 2. The van der Waals surface area contributed by atoms with Gasteiger partial charge in [0.2, 0.25) is 0 Å². The van der Waals surface area contributed by atoms with Crippen molar-refractivity contribution in [1.29, 1.82) is 0 Å². The van der Waals surface area contributed by atoms with Crippen molar-refractivity contribution >= 4 is 54.8 Å². The topological polar surface area (TPSA) is 80.1 Å². The molecular formula is C36H29NO5S. The summed E-state index contributed by atoms with van der Waals surface area (Å²) in [5, 5.41) is 2.71. The quantitative estimate of drug-likeness (QED) is 0.174. The van der Waals surface area contributed by atoms with Crippen molar-refractivity contribution in [2.24, 2.45) is 0 Å². The molecule has 0 spiro atoms.